The number of nitrogens with zero attached hydrogens (tertiary/aromatic N) is 1. The van der Waals surface area contributed by atoms with Crippen LogP contribution >= 0.6 is 11.3 Å². The molecule has 0 aliphatic carbocycles. The Bertz CT molecular complexity index is 1190. The fraction of sp³-hybridized carbons (Fsp3) is 0.269. The molecule has 2 aromatic carbocycles. The number of hydrogen-bond acceptors (Lipinski definition) is 6. The van der Waals surface area contributed by atoms with E-state index in [0.29, 0.717) is 18.5 Å². The van der Waals surface area contributed by atoms with Crippen LogP contribution in [0, 0.1) is 0 Å². The van der Waals surface area contributed by atoms with Gasteiger partial charge in [0.25, 0.3) is 5.91 Å². The molecule has 3 atom stereocenters. The molecule has 1 aromatic heterocycles. The van der Waals surface area contributed by atoms with Gasteiger partial charge in [-0.2, -0.15) is 0 Å². The lowest BCUT2D eigenvalue weighted by atomic mass is 10.0. The Hall–Kier alpha value is -3.49. The number of hydrogen-bond donors (Lipinski definition) is 2. The summed E-state index contributed by atoms with van der Waals surface area (Å²) < 4.78 is 5.52. The summed E-state index contributed by atoms with van der Waals surface area (Å²) in [5.74, 6) is -0.644. The average Bonchev–Trinajstić information content (AvgIpc) is 3.60. The first-order chi connectivity index (χ1) is 16.5. The number of carbonyl (C=O) groups excluding carboxylic acids is 3. The van der Waals surface area contributed by atoms with Crippen LogP contribution in [0.3, 0.4) is 0 Å². The van der Waals surface area contributed by atoms with Gasteiger partial charge in [0.1, 0.15) is 24.4 Å². The van der Waals surface area contributed by atoms with Crippen molar-refractivity contribution >= 4 is 28.9 Å². The standard InChI is InChI=1S/C26H24N2O5S/c29-19-9-3-16(4-10-19)14-20(26(32)28-12-11-22-24(28)21(30)15-33-22)27-25(31)18-7-5-17(6-8-18)23-2-1-13-34-23/h1-10,13,20,22,24,29H,11-12,14-15H2,(H,27,31)/t20-,22+,24+/m0/s1. The van der Waals surface area contributed by atoms with Crippen LogP contribution in [0.2, 0.25) is 0 Å². The molecule has 0 spiro atoms. The van der Waals surface area contributed by atoms with E-state index in [1.807, 2.05) is 29.6 Å². The van der Waals surface area contributed by atoms with Gasteiger partial charge < -0.3 is 20.1 Å². The minimum atomic E-state index is -0.860. The number of phenolic OH excluding ortho intramolecular Hbond substituents is 1. The smallest absolute Gasteiger partial charge is 0.251 e. The Balaban J connectivity index is 1.36. The maximum Gasteiger partial charge on any atom is 0.251 e. The molecule has 34 heavy (non-hydrogen) atoms. The lowest BCUT2D eigenvalue weighted by Crippen LogP contribution is -2.53. The van der Waals surface area contributed by atoms with E-state index in [1.165, 1.54) is 0 Å². The molecule has 2 fully saturated rings. The molecule has 0 unspecified atom stereocenters. The Labute approximate surface area is 201 Å². The molecule has 2 aliphatic heterocycles. The Morgan fingerprint density at radius 3 is 2.59 bits per heavy atom. The number of amides is 2. The van der Waals surface area contributed by atoms with E-state index in [2.05, 4.69) is 5.32 Å². The fourth-order valence-corrected chi connectivity index (χ4v) is 5.31. The van der Waals surface area contributed by atoms with Crippen molar-refractivity contribution in [2.75, 3.05) is 13.2 Å². The van der Waals surface area contributed by atoms with E-state index in [9.17, 15) is 19.5 Å². The summed E-state index contributed by atoms with van der Waals surface area (Å²) in [6.45, 7) is 0.433. The van der Waals surface area contributed by atoms with Crippen molar-refractivity contribution < 1.29 is 24.2 Å². The van der Waals surface area contributed by atoms with Crippen molar-refractivity contribution in [1.29, 1.82) is 0 Å². The third kappa shape index (κ3) is 4.47. The predicted molar refractivity (Wildman–Crippen MR) is 128 cm³/mol. The van der Waals surface area contributed by atoms with E-state index in [4.69, 9.17) is 4.74 Å². The molecular weight excluding hydrogens is 452 g/mol. The molecule has 0 bridgehead atoms. The van der Waals surface area contributed by atoms with Crippen molar-refractivity contribution in [1.82, 2.24) is 10.2 Å². The molecule has 2 N–H and O–H groups in total. The van der Waals surface area contributed by atoms with Crippen LogP contribution in [0.5, 0.6) is 5.75 Å². The van der Waals surface area contributed by atoms with E-state index in [-0.39, 0.29) is 42.5 Å². The van der Waals surface area contributed by atoms with Crippen LogP contribution in [0.4, 0.5) is 0 Å². The SMILES string of the molecule is O=C(N[C@@H](Cc1ccc(O)cc1)C(=O)N1CC[C@H]2OCC(=O)[C@H]21)c1ccc(-c2cccs2)cc1. The van der Waals surface area contributed by atoms with Crippen molar-refractivity contribution in [3.63, 3.8) is 0 Å². The van der Waals surface area contributed by atoms with Gasteiger partial charge in [0.05, 0.1) is 6.10 Å². The second-order valence-electron chi connectivity index (χ2n) is 8.53. The Morgan fingerprint density at radius 1 is 1.12 bits per heavy atom. The van der Waals surface area contributed by atoms with Gasteiger partial charge in [0.2, 0.25) is 5.91 Å². The zero-order chi connectivity index (χ0) is 23.7. The first-order valence-electron chi connectivity index (χ1n) is 11.2. The molecule has 2 aliphatic rings. The van der Waals surface area contributed by atoms with Gasteiger partial charge >= 0.3 is 0 Å². The number of ether oxygens (including phenoxy) is 1. The highest BCUT2D eigenvalue weighted by molar-refractivity contribution is 7.13. The normalized spacial score (nSPS) is 20.2. The number of rotatable bonds is 6. The maximum absolute atomic E-state index is 13.5. The number of Topliss-reactive ketones (excluding diaryl/α,β-unsaturated/α-hetero) is 1. The van der Waals surface area contributed by atoms with Gasteiger partial charge in [-0.15, -0.1) is 11.3 Å². The molecule has 3 aromatic rings. The van der Waals surface area contributed by atoms with Gasteiger partial charge in [-0.1, -0.05) is 30.3 Å². The summed E-state index contributed by atoms with van der Waals surface area (Å²) in [6.07, 6.45) is 0.569. The molecule has 0 saturated carbocycles. The fourth-order valence-electron chi connectivity index (χ4n) is 4.58. The minimum absolute atomic E-state index is 0.0185. The monoisotopic (exact) mass is 476 g/mol. The number of ketones is 1. The lowest BCUT2D eigenvalue weighted by Gasteiger charge is -2.27. The summed E-state index contributed by atoms with van der Waals surface area (Å²) in [7, 11) is 0. The zero-order valence-electron chi connectivity index (χ0n) is 18.3. The predicted octanol–water partition coefficient (Wildman–Crippen LogP) is 3.03. The number of carbonyl (C=O) groups is 3. The molecule has 5 rings (SSSR count). The van der Waals surface area contributed by atoms with Crippen LogP contribution in [-0.4, -0.2) is 58.9 Å². The van der Waals surface area contributed by atoms with Gasteiger partial charge in [-0.3, -0.25) is 14.4 Å². The van der Waals surface area contributed by atoms with Gasteiger partial charge in [-0.25, -0.2) is 0 Å². The van der Waals surface area contributed by atoms with Gasteiger partial charge in [0.15, 0.2) is 5.78 Å². The number of benzene rings is 2. The van der Waals surface area contributed by atoms with Crippen LogP contribution in [0.25, 0.3) is 10.4 Å². The Kier molecular flexibility index (Phi) is 6.17. The molecule has 2 amide bonds. The van der Waals surface area contributed by atoms with Crippen LogP contribution in [0.15, 0.2) is 66.0 Å². The third-order valence-electron chi connectivity index (χ3n) is 6.33. The summed E-state index contributed by atoms with van der Waals surface area (Å²) >= 11 is 1.62. The largest absolute Gasteiger partial charge is 0.508 e. The van der Waals surface area contributed by atoms with Crippen LogP contribution in [0.1, 0.15) is 22.3 Å². The highest BCUT2D eigenvalue weighted by Gasteiger charge is 2.48. The highest BCUT2D eigenvalue weighted by Crippen LogP contribution is 2.28. The topological polar surface area (TPSA) is 95.9 Å². The number of aromatic hydroxyl groups is 1. The first-order valence-corrected chi connectivity index (χ1v) is 12.0. The number of fused-ring (bicyclic) bond motifs is 1. The Morgan fingerprint density at radius 2 is 1.88 bits per heavy atom. The molecule has 7 nitrogen and oxygen atoms in total. The van der Waals surface area contributed by atoms with Gasteiger partial charge in [-0.05, 0) is 53.3 Å². The number of nitrogens with one attached hydrogen (secondary N) is 1. The molecule has 0 radical (unpaired) electrons. The quantitative estimate of drug-likeness (QED) is 0.570. The summed E-state index contributed by atoms with van der Waals surface area (Å²) in [6, 6.07) is 16.3. The summed E-state index contributed by atoms with van der Waals surface area (Å²) in [5, 5.41) is 14.5. The van der Waals surface area contributed by atoms with Crippen LogP contribution < -0.4 is 5.32 Å². The summed E-state index contributed by atoms with van der Waals surface area (Å²) in [4.78, 5) is 41.6. The van der Waals surface area contributed by atoms with E-state index in [0.717, 1.165) is 16.0 Å². The second-order valence-corrected chi connectivity index (χ2v) is 9.48. The maximum atomic E-state index is 13.5. The van der Waals surface area contributed by atoms with Crippen molar-refractivity contribution in [3.8, 4) is 16.2 Å². The van der Waals surface area contributed by atoms with E-state index < -0.39 is 12.1 Å². The van der Waals surface area contributed by atoms with Crippen molar-refractivity contribution in [2.45, 2.75) is 31.0 Å². The number of thiophene rings is 1. The number of phenols is 1. The van der Waals surface area contributed by atoms with Crippen molar-refractivity contribution in [2.24, 2.45) is 0 Å². The molecule has 2 saturated heterocycles. The zero-order valence-corrected chi connectivity index (χ0v) is 19.2. The average molecular weight is 477 g/mol. The minimum Gasteiger partial charge on any atom is -0.508 e. The third-order valence-corrected chi connectivity index (χ3v) is 7.25. The van der Waals surface area contributed by atoms with Crippen LogP contribution in [-0.2, 0) is 20.7 Å². The van der Waals surface area contributed by atoms with E-state index >= 15 is 0 Å². The first kappa shape index (κ1) is 22.3. The lowest BCUT2D eigenvalue weighted by molar-refractivity contribution is -0.138. The summed E-state index contributed by atoms with van der Waals surface area (Å²) in [5.41, 5.74) is 2.25. The second kappa shape index (κ2) is 9.40. The molecule has 174 valence electrons. The molecule has 3 heterocycles. The molecule has 8 heteroatoms. The van der Waals surface area contributed by atoms with E-state index in [1.54, 1.807) is 52.6 Å². The molecular formula is C26H24N2O5S. The highest BCUT2D eigenvalue weighted by atomic mass is 32.1. The number of likely N-dealkylation sites (tertiary alicyclic amines) is 1. The van der Waals surface area contributed by atoms with Crippen molar-refractivity contribution in [3.05, 3.63) is 77.2 Å². The van der Waals surface area contributed by atoms with Gasteiger partial charge in [0, 0.05) is 23.4 Å².